The van der Waals surface area contributed by atoms with E-state index in [0.717, 1.165) is 11.0 Å². The van der Waals surface area contributed by atoms with Crippen LogP contribution in [0.5, 0.6) is 0 Å². The van der Waals surface area contributed by atoms with Crippen LogP contribution in [0.25, 0.3) is 0 Å². The van der Waals surface area contributed by atoms with E-state index in [1.54, 1.807) is 6.07 Å². The normalized spacial score (nSPS) is 11.1. The van der Waals surface area contributed by atoms with Gasteiger partial charge in [0.05, 0.1) is 28.5 Å². The molecule has 0 heterocycles. The van der Waals surface area contributed by atoms with E-state index >= 15 is 0 Å². The van der Waals surface area contributed by atoms with Gasteiger partial charge in [0, 0.05) is 24.4 Å². The summed E-state index contributed by atoms with van der Waals surface area (Å²) >= 11 is 5.52. The molecule has 0 unspecified atom stereocenters. The third-order valence-electron chi connectivity index (χ3n) is 3.89. The summed E-state index contributed by atoms with van der Waals surface area (Å²) in [6, 6.07) is 8.58. The van der Waals surface area contributed by atoms with Crippen molar-refractivity contribution in [2.24, 2.45) is 0 Å². The minimum atomic E-state index is -4.69. The zero-order valence-corrected chi connectivity index (χ0v) is 15.8. The van der Waals surface area contributed by atoms with Crippen molar-refractivity contribution in [3.63, 3.8) is 0 Å². The van der Waals surface area contributed by atoms with Crippen LogP contribution in [-0.2, 0) is 22.2 Å². The van der Waals surface area contributed by atoms with E-state index in [1.165, 1.54) is 31.3 Å². The molecular weight excluding hydrogens is 415 g/mol. The highest BCUT2D eigenvalue weighted by Crippen LogP contribution is 2.36. The van der Waals surface area contributed by atoms with E-state index in [9.17, 15) is 32.9 Å². The van der Waals surface area contributed by atoms with Gasteiger partial charge < -0.3 is 10.2 Å². The Morgan fingerprint density at radius 1 is 1.21 bits per heavy atom. The number of alkyl halides is 3. The Hall–Kier alpha value is -3.14. The molecule has 154 valence electrons. The Labute approximate surface area is 168 Å². The number of nitrogens with zero attached hydrogens (tertiary/aromatic N) is 2. The van der Waals surface area contributed by atoms with Gasteiger partial charge in [-0.2, -0.15) is 13.2 Å². The van der Waals surface area contributed by atoms with Gasteiger partial charge in [0.1, 0.15) is 0 Å². The predicted octanol–water partition coefficient (Wildman–Crippen LogP) is 3.91. The second-order valence-electron chi connectivity index (χ2n) is 6.05. The number of hydrogen-bond acceptors (Lipinski definition) is 4. The van der Waals surface area contributed by atoms with E-state index in [-0.39, 0.29) is 23.4 Å². The molecule has 0 aromatic heterocycles. The molecule has 0 saturated carbocycles. The van der Waals surface area contributed by atoms with Crippen LogP contribution in [-0.4, -0.2) is 35.2 Å². The average molecular weight is 430 g/mol. The van der Waals surface area contributed by atoms with Crippen LogP contribution in [0.1, 0.15) is 11.1 Å². The van der Waals surface area contributed by atoms with Crippen LogP contribution in [0.15, 0.2) is 42.5 Å². The highest BCUT2D eigenvalue weighted by Gasteiger charge is 2.33. The number of para-hydroxylation sites is 1. The smallest absolute Gasteiger partial charge is 0.336 e. The number of nitrogens with one attached hydrogen (secondary N) is 1. The summed E-state index contributed by atoms with van der Waals surface area (Å²) in [5.74, 6) is -1.31. The predicted molar refractivity (Wildman–Crippen MR) is 99.5 cm³/mol. The van der Waals surface area contributed by atoms with Crippen LogP contribution in [0.3, 0.4) is 0 Å². The second-order valence-corrected chi connectivity index (χ2v) is 6.46. The van der Waals surface area contributed by atoms with Crippen LogP contribution < -0.4 is 5.32 Å². The van der Waals surface area contributed by atoms with Gasteiger partial charge in [0.25, 0.3) is 5.69 Å². The van der Waals surface area contributed by atoms with Crippen molar-refractivity contribution in [3.05, 3.63) is 68.7 Å². The van der Waals surface area contributed by atoms with E-state index in [2.05, 4.69) is 5.32 Å². The molecule has 2 rings (SSSR count). The quantitative estimate of drug-likeness (QED) is 0.556. The maximum atomic E-state index is 12.9. The molecule has 0 atom stereocenters. The van der Waals surface area contributed by atoms with Crippen molar-refractivity contribution >= 4 is 34.8 Å². The SMILES string of the molecule is CN(CC(=O)Nc1ccc(Cl)c(C(F)(F)F)c1)C(=O)Cc1ccccc1[N+](=O)[O-]. The lowest BCUT2D eigenvalue weighted by Crippen LogP contribution is -2.36. The Morgan fingerprint density at radius 2 is 1.86 bits per heavy atom. The Morgan fingerprint density at radius 3 is 2.48 bits per heavy atom. The lowest BCUT2D eigenvalue weighted by molar-refractivity contribution is -0.385. The lowest BCUT2D eigenvalue weighted by atomic mass is 10.1. The van der Waals surface area contributed by atoms with Crippen molar-refractivity contribution in [1.29, 1.82) is 0 Å². The molecule has 0 aliphatic heterocycles. The molecule has 1 N–H and O–H groups in total. The Kier molecular flexibility index (Phi) is 6.80. The van der Waals surface area contributed by atoms with Gasteiger partial charge in [-0.15, -0.1) is 0 Å². The summed E-state index contributed by atoms with van der Waals surface area (Å²) in [5, 5.41) is 12.8. The summed E-state index contributed by atoms with van der Waals surface area (Å²) in [4.78, 5) is 35.7. The van der Waals surface area contributed by atoms with E-state index < -0.39 is 40.0 Å². The number of carbonyl (C=O) groups is 2. The number of hydrogen-bond donors (Lipinski definition) is 1. The number of anilines is 1. The highest BCUT2D eigenvalue weighted by atomic mass is 35.5. The first-order valence-electron chi connectivity index (χ1n) is 8.12. The van der Waals surface area contributed by atoms with Gasteiger partial charge in [-0.3, -0.25) is 19.7 Å². The molecule has 0 saturated heterocycles. The first kappa shape index (κ1) is 22.2. The summed E-state index contributed by atoms with van der Waals surface area (Å²) < 4.78 is 38.6. The monoisotopic (exact) mass is 429 g/mol. The first-order chi connectivity index (χ1) is 13.5. The van der Waals surface area contributed by atoms with Crippen LogP contribution in [0, 0.1) is 10.1 Å². The zero-order chi connectivity index (χ0) is 21.8. The van der Waals surface area contributed by atoms with E-state index in [0.29, 0.717) is 6.07 Å². The third kappa shape index (κ3) is 5.92. The molecule has 7 nitrogen and oxygen atoms in total. The Bertz CT molecular complexity index is 950. The van der Waals surface area contributed by atoms with Gasteiger partial charge in [-0.1, -0.05) is 29.8 Å². The molecule has 11 heteroatoms. The van der Waals surface area contributed by atoms with Crippen molar-refractivity contribution < 1.29 is 27.7 Å². The van der Waals surface area contributed by atoms with Crippen LogP contribution in [0.4, 0.5) is 24.5 Å². The van der Waals surface area contributed by atoms with Gasteiger partial charge in [-0.25, -0.2) is 0 Å². The summed E-state index contributed by atoms with van der Waals surface area (Å²) in [6.07, 6.45) is -4.99. The topological polar surface area (TPSA) is 92.6 Å². The maximum absolute atomic E-state index is 12.9. The summed E-state index contributed by atoms with van der Waals surface area (Å²) in [6.45, 7) is -0.455. The van der Waals surface area contributed by atoms with Crippen molar-refractivity contribution in [3.8, 4) is 0 Å². The molecule has 2 aromatic rings. The van der Waals surface area contributed by atoms with Crippen molar-refractivity contribution in [1.82, 2.24) is 4.90 Å². The van der Waals surface area contributed by atoms with Crippen LogP contribution in [0.2, 0.25) is 5.02 Å². The van der Waals surface area contributed by atoms with Gasteiger partial charge in [-0.05, 0) is 18.2 Å². The number of halogens is 4. The molecule has 0 aliphatic carbocycles. The molecule has 2 amide bonds. The van der Waals surface area contributed by atoms with Gasteiger partial charge in [0.15, 0.2) is 0 Å². The molecule has 29 heavy (non-hydrogen) atoms. The minimum absolute atomic E-state index is 0.133. The lowest BCUT2D eigenvalue weighted by Gasteiger charge is -2.17. The molecule has 2 aromatic carbocycles. The van der Waals surface area contributed by atoms with Crippen molar-refractivity contribution in [2.75, 3.05) is 18.9 Å². The number of likely N-dealkylation sites (N-methyl/N-ethyl adjacent to an activating group) is 1. The summed E-state index contributed by atoms with van der Waals surface area (Å²) in [7, 11) is 1.31. The molecule has 0 aliphatic rings. The maximum Gasteiger partial charge on any atom is 0.417 e. The molecule has 0 radical (unpaired) electrons. The second kappa shape index (κ2) is 8.91. The third-order valence-corrected chi connectivity index (χ3v) is 4.22. The first-order valence-corrected chi connectivity index (χ1v) is 8.49. The molecule has 0 fully saturated rings. The zero-order valence-electron chi connectivity index (χ0n) is 15.0. The number of nitro groups is 1. The van der Waals surface area contributed by atoms with Gasteiger partial charge in [0.2, 0.25) is 11.8 Å². The van der Waals surface area contributed by atoms with Crippen LogP contribution >= 0.6 is 11.6 Å². The van der Waals surface area contributed by atoms with Crippen molar-refractivity contribution in [2.45, 2.75) is 12.6 Å². The van der Waals surface area contributed by atoms with E-state index in [4.69, 9.17) is 11.6 Å². The minimum Gasteiger partial charge on any atom is -0.336 e. The highest BCUT2D eigenvalue weighted by molar-refractivity contribution is 6.31. The number of rotatable bonds is 6. The summed E-state index contributed by atoms with van der Waals surface area (Å²) in [5.41, 5.74) is -1.27. The molecular formula is C18H15ClF3N3O4. The molecule has 0 spiro atoms. The Balaban J connectivity index is 2.02. The average Bonchev–Trinajstić information content (AvgIpc) is 2.62. The van der Waals surface area contributed by atoms with E-state index in [1.807, 2.05) is 0 Å². The molecule has 0 bridgehead atoms. The largest absolute Gasteiger partial charge is 0.417 e. The fraction of sp³-hybridized carbons (Fsp3) is 0.222. The van der Waals surface area contributed by atoms with Gasteiger partial charge >= 0.3 is 6.18 Å². The number of nitro benzene ring substituents is 1. The fourth-order valence-electron chi connectivity index (χ4n) is 2.46. The fourth-order valence-corrected chi connectivity index (χ4v) is 2.69. The standard InChI is InChI=1S/C18H15ClF3N3O4/c1-24(17(27)8-11-4-2-3-5-15(11)25(28)29)10-16(26)23-12-6-7-14(19)13(9-12)18(20,21)22/h2-7,9H,8,10H2,1H3,(H,23,26). The number of benzene rings is 2. The number of carbonyl (C=O) groups excluding carboxylic acids is 2. The number of amides is 2.